The van der Waals surface area contributed by atoms with Gasteiger partial charge in [0.05, 0.1) is 5.41 Å². The van der Waals surface area contributed by atoms with E-state index in [1.807, 2.05) is 0 Å². The molecule has 0 aliphatic heterocycles. The number of rotatable bonds is 14. The molecule has 1 fully saturated rings. The highest BCUT2D eigenvalue weighted by Crippen LogP contribution is 2.50. The van der Waals surface area contributed by atoms with Crippen LogP contribution in [0.3, 0.4) is 0 Å². The van der Waals surface area contributed by atoms with Crippen LogP contribution in [-0.4, -0.2) is 22.6 Å². The zero-order valence-electron chi connectivity index (χ0n) is 15.7. The number of carboxylic acid groups (broad SMARTS) is 1. The Hall–Kier alpha value is -1.19. The summed E-state index contributed by atoms with van der Waals surface area (Å²) in [6.45, 7) is 5.20. The SMILES string of the molecule is CC(=O)C1(CCCCCC(=O)CCCCCC(C)(C)C(=O)O)CC1. The van der Waals surface area contributed by atoms with Crippen LogP contribution in [0.5, 0.6) is 0 Å². The zero-order chi connectivity index (χ0) is 18.2. The van der Waals surface area contributed by atoms with Gasteiger partial charge in [-0.05, 0) is 59.3 Å². The van der Waals surface area contributed by atoms with Crippen molar-refractivity contribution in [2.24, 2.45) is 10.8 Å². The molecule has 1 aliphatic carbocycles. The summed E-state index contributed by atoms with van der Waals surface area (Å²) >= 11 is 0. The Morgan fingerprint density at radius 3 is 1.92 bits per heavy atom. The summed E-state index contributed by atoms with van der Waals surface area (Å²) in [5.74, 6) is -0.0961. The lowest BCUT2D eigenvalue weighted by molar-refractivity contribution is -0.147. The Morgan fingerprint density at radius 1 is 0.917 bits per heavy atom. The van der Waals surface area contributed by atoms with Gasteiger partial charge in [0, 0.05) is 18.3 Å². The quantitative estimate of drug-likeness (QED) is 0.455. The highest BCUT2D eigenvalue weighted by molar-refractivity contribution is 5.84. The molecule has 0 atom stereocenters. The van der Waals surface area contributed by atoms with Gasteiger partial charge in [0.15, 0.2) is 0 Å². The van der Waals surface area contributed by atoms with Gasteiger partial charge < -0.3 is 5.11 Å². The first-order valence-electron chi connectivity index (χ1n) is 9.46. The van der Waals surface area contributed by atoms with Crippen molar-refractivity contribution in [3.05, 3.63) is 0 Å². The summed E-state index contributed by atoms with van der Waals surface area (Å²) in [5.41, 5.74) is -0.656. The topological polar surface area (TPSA) is 71.4 Å². The smallest absolute Gasteiger partial charge is 0.309 e. The molecule has 4 nitrogen and oxygen atoms in total. The number of carbonyl (C=O) groups excluding carboxylic acids is 2. The standard InChI is InChI=1S/C20H34O4/c1-16(21)20(14-15-20)13-9-5-7-11-17(22)10-6-4-8-12-19(2,3)18(23)24/h4-15H2,1-3H3,(H,23,24). The Morgan fingerprint density at radius 2 is 1.46 bits per heavy atom. The Bertz CT molecular complexity index is 419. The van der Waals surface area contributed by atoms with Crippen molar-refractivity contribution in [2.75, 3.05) is 0 Å². The molecular formula is C20H34O4. The number of hydrogen-bond acceptors (Lipinski definition) is 3. The molecule has 4 heteroatoms. The van der Waals surface area contributed by atoms with Crippen molar-refractivity contribution < 1.29 is 19.5 Å². The van der Waals surface area contributed by atoms with Gasteiger partial charge in [0.1, 0.15) is 11.6 Å². The number of hydrogen-bond donors (Lipinski definition) is 1. The number of Topliss-reactive ketones (excluding diaryl/α,β-unsaturated/α-hetero) is 2. The van der Waals surface area contributed by atoms with Crippen LogP contribution >= 0.6 is 0 Å². The van der Waals surface area contributed by atoms with Gasteiger partial charge in [-0.3, -0.25) is 14.4 Å². The fraction of sp³-hybridized carbons (Fsp3) is 0.850. The third-order valence-electron chi connectivity index (χ3n) is 5.55. The summed E-state index contributed by atoms with van der Waals surface area (Å²) in [5, 5.41) is 9.04. The average molecular weight is 338 g/mol. The number of unbranched alkanes of at least 4 members (excludes halogenated alkanes) is 4. The van der Waals surface area contributed by atoms with Crippen LogP contribution in [0.1, 0.15) is 97.8 Å². The Labute approximate surface area is 146 Å². The van der Waals surface area contributed by atoms with E-state index in [0.717, 1.165) is 57.8 Å². The minimum Gasteiger partial charge on any atom is -0.481 e. The van der Waals surface area contributed by atoms with E-state index in [1.165, 1.54) is 0 Å². The van der Waals surface area contributed by atoms with Crippen LogP contribution in [0.25, 0.3) is 0 Å². The predicted molar refractivity (Wildman–Crippen MR) is 94.9 cm³/mol. The lowest BCUT2D eigenvalue weighted by Gasteiger charge is -2.18. The second kappa shape index (κ2) is 9.33. The molecule has 0 amide bonds. The van der Waals surface area contributed by atoms with Crippen LogP contribution < -0.4 is 0 Å². The van der Waals surface area contributed by atoms with E-state index in [9.17, 15) is 14.4 Å². The second-order valence-electron chi connectivity index (χ2n) is 8.19. The van der Waals surface area contributed by atoms with E-state index in [0.29, 0.717) is 30.8 Å². The molecule has 138 valence electrons. The maximum Gasteiger partial charge on any atom is 0.309 e. The molecule has 1 rings (SSSR count). The highest BCUT2D eigenvalue weighted by Gasteiger charge is 2.46. The van der Waals surface area contributed by atoms with E-state index in [4.69, 9.17) is 5.11 Å². The predicted octanol–water partition coefficient (Wildman–Crippen LogP) is 4.94. The molecule has 0 spiro atoms. The molecule has 0 heterocycles. The summed E-state index contributed by atoms with van der Waals surface area (Å²) in [7, 11) is 0. The van der Waals surface area contributed by atoms with Crippen molar-refractivity contribution in [3.8, 4) is 0 Å². The second-order valence-corrected chi connectivity index (χ2v) is 8.19. The molecule has 24 heavy (non-hydrogen) atoms. The van der Waals surface area contributed by atoms with Gasteiger partial charge in [-0.25, -0.2) is 0 Å². The monoisotopic (exact) mass is 338 g/mol. The molecule has 1 saturated carbocycles. The third kappa shape index (κ3) is 7.14. The molecule has 0 aromatic carbocycles. The van der Waals surface area contributed by atoms with Gasteiger partial charge in [0.25, 0.3) is 0 Å². The molecule has 0 aromatic rings. The summed E-state index contributed by atoms with van der Waals surface area (Å²) in [6.07, 6.45) is 10.7. The Kier molecular flexibility index (Phi) is 8.11. The van der Waals surface area contributed by atoms with E-state index in [2.05, 4.69) is 0 Å². The zero-order valence-corrected chi connectivity index (χ0v) is 15.7. The molecular weight excluding hydrogens is 304 g/mol. The van der Waals surface area contributed by atoms with Gasteiger partial charge >= 0.3 is 5.97 Å². The fourth-order valence-corrected chi connectivity index (χ4v) is 3.19. The van der Waals surface area contributed by atoms with Crippen molar-refractivity contribution >= 4 is 17.5 Å². The normalized spacial score (nSPS) is 16.0. The molecule has 0 saturated heterocycles. The van der Waals surface area contributed by atoms with E-state index >= 15 is 0 Å². The van der Waals surface area contributed by atoms with Crippen molar-refractivity contribution in [1.82, 2.24) is 0 Å². The minimum absolute atomic E-state index is 0.00768. The minimum atomic E-state index is -0.753. The number of aliphatic carboxylic acids is 1. The maximum absolute atomic E-state index is 11.8. The Balaban J connectivity index is 1.97. The van der Waals surface area contributed by atoms with Crippen molar-refractivity contribution in [2.45, 2.75) is 97.8 Å². The van der Waals surface area contributed by atoms with Crippen molar-refractivity contribution in [1.29, 1.82) is 0 Å². The van der Waals surface area contributed by atoms with Gasteiger partial charge in [-0.15, -0.1) is 0 Å². The largest absolute Gasteiger partial charge is 0.481 e. The van der Waals surface area contributed by atoms with Crippen LogP contribution in [0.15, 0.2) is 0 Å². The van der Waals surface area contributed by atoms with E-state index < -0.39 is 11.4 Å². The third-order valence-corrected chi connectivity index (χ3v) is 5.55. The highest BCUT2D eigenvalue weighted by atomic mass is 16.4. The lowest BCUT2D eigenvalue weighted by atomic mass is 9.87. The van der Waals surface area contributed by atoms with Gasteiger partial charge in [0.2, 0.25) is 0 Å². The fourth-order valence-electron chi connectivity index (χ4n) is 3.19. The van der Waals surface area contributed by atoms with Gasteiger partial charge in [-0.2, -0.15) is 0 Å². The molecule has 0 bridgehead atoms. The summed E-state index contributed by atoms with van der Waals surface area (Å²) in [6, 6.07) is 0. The van der Waals surface area contributed by atoms with Crippen molar-refractivity contribution in [3.63, 3.8) is 0 Å². The van der Waals surface area contributed by atoms with Gasteiger partial charge in [-0.1, -0.05) is 25.7 Å². The maximum atomic E-state index is 11.8. The lowest BCUT2D eigenvalue weighted by Crippen LogP contribution is -2.23. The molecule has 1 aliphatic rings. The molecule has 0 radical (unpaired) electrons. The summed E-state index contributed by atoms with van der Waals surface area (Å²) < 4.78 is 0. The first kappa shape index (κ1) is 20.9. The number of carboxylic acids is 1. The molecule has 0 aromatic heterocycles. The average Bonchev–Trinajstić information content (AvgIpc) is 3.27. The van der Waals surface area contributed by atoms with Crippen LogP contribution in [0, 0.1) is 10.8 Å². The first-order chi connectivity index (χ1) is 11.2. The first-order valence-corrected chi connectivity index (χ1v) is 9.46. The molecule has 0 unspecified atom stereocenters. The van der Waals surface area contributed by atoms with Crippen LogP contribution in [0.2, 0.25) is 0 Å². The summed E-state index contributed by atoms with van der Waals surface area (Å²) in [4.78, 5) is 34.3. The molecule has 1 N–H and O–H groups in total. The number of ketones is 2. The van der Waals surface area contributed by atoms with Crippen LogP contribution in [-0.2, 0) is 14.4 Å². The number of carbonyl (C=O) groups is 3. The van der Waals surface area contributed by atoms with E-state index in [1.54, 1.807) is 20.8 Å². The van der Waals surface area contributed by atoms with Crippen LogP contribution in [0.4, 0.5) is 0 Å². The van der Waals surface area contributed by atoms with E-state index in [-0.39, 0.29) is 5.41 Å².